The lowest BCUT2D eigenvalue weighted by molar-refractivity contribution is -0.129. The molecule has 0 heterocycles. The van der Waals surface area contributed by atoms with Crippen LogP contribution in [0.2, 0.25) is 0 Å². The Morgan fingerprint density at radius 2 is 2.00 bits per heavy atom. The molecule has 1 rings (SSSR count). The van der Waals surface area contributed by atoms with Crippen molar-refractivity contribution in [3.63, 3.8) is 0 Å². The molecule has 0 saturated carbocycles. The van der Waals surface area contributed by atoms with Crippen molar-refractivity contribution in [2.45, 2.75) is 0 Å². The summed E-state index contributed by atoms with van der Waals surface area (Å²) in [4.78, 5) is 21.8. The van der Waals surface area contributed by atoms with Crippen LogP contribution in [0.4, 0.5) is 4.39 Å². The summed E-state index contributed by atoms with van der Waals surface area (Å²) in [6.45, 7) is 0. The van der Waals surface area contributed by atoms with Gasteiger partial charge in [-0.3, -0.25) is 4.79 Å². The fraction of sp³-hybridized carbons (Fsp3) is 0. The number of carboxylic acid groups (broad SMARTS) is 1. The maximum absolute atomic E-state index is 12.7. The molecule has 0 aromatic heterocycles. The Balaban J connectivity index is 3.09. The molecule has 0 saturated heterocycles. The number of ketones is 1. The summed E-state index contributed by atoms with van der Waals surface area (Å²) in [5.41, 5.74) is -1.24. The fourth-order valence-electron chi connectivity index (χ4n) is 0.952. The minimum absolute atomic E-state index is 0.190. The molecule has 0 amide bonds. The van der Waals surface area contributed by atoms with Crippen LogP contribution in [0.5, 0.6) is 0 Å². The first kappa shape index (κ1) is 10.8. The van der Waals surface area contributed by atoms with E-state index in [1.807, 2.05) is 0 Å². The van der Waals surface area contributed by atoms with Gasteiger partial charge in [0.25, 0.3) is 0 Å². The summed E-state index contributed by atoms with van der Waals surface area (Å²) < 4.78 is 12.7. The van der Waals surface area contributed by atoms with Crippen molar-refractivity contribution in [1.82, 2.24) is 0 Å². The molecule has 0 unspecified atom stereocenters. The van der Waals surface area contributed by atoms with Gasteiger partial charge in [0.2, 0.25) is 11.5 Å². The van der Waals surface area contributed by atoms with Crippen LogP contribution in [0, 0.1) is 5.82 Å². The lowest BCUT2D eigenvalue weighted by atomic mass is 10.1. The monoisotopic (exact) mass is 211 g/mol. The molecular weight excluding hydrogens is 205 g/mol. The van der Waals surface area contributed by atoms with Gasteiger partial charge in [-0.15, -0.1) is 0 Å². The number of oxime groups is 1. The van der Waals surface area contributed by atoms with E-state index in [-0.39, 0.29) is 5.56 Å². The summed E-state index contributed by atoms with van der Waals surface area (Å²) >= 11 is 0. The second-order valence-corrected chi connectivity index (χ2v) is 2.59. The van der Waals surface area contributed by atoms with Gasteiger partial charge in [-0.1, -0.05) is 17.3 Å². The van der Waals surface area contributed by atoms with Crippen LogP contribution in [0.1, 0.15) is 10.4 Å². The second kappa shape index (κ2) is 4.32. The summed E-state index contributed by atoms with van der Waals surface area (Å²) in [7, 11) is 0. The minimum Gasteiger partial charge on any atom is -0.476 e. The number of hydrogen-bond donors (Lipinski definition) is 2. The largest absolute Gasteiger partial charge is 0.476 e. The summed E-state index contributed by atoms with van der Waals surface area (Å²) in [6, 6.07) is 4.43. The molecule has 0 aliphatic carbocycles. The number of hydrogen-bond acceptors (Lipinski definition) is 4. The number of carbonyl (C=O) groups excluding carboxylic acids is 1. The summed E-state index contributed by atoms with van der Waals surface area (Å²) in [5, 5.41) is 19.1. The molecule has 0 fully saturated rings. The molecular formula is C9H6FNO4. The van der Waals surface area contributed by atoms with Crippen molar-refractivity contribution in [2.24, 2.45) is 5.16 Å². The van der Waals surface area contributed by atoms with Gasteiger partial charge in [-0.2, -0.15) is 0 Å². The van der Waals surface area contributed by atoms with Gasteiger partial charge in [-0.05, 0) is 12.1 Å². The molecule has 1 aromatic rings. The van der Waals surface area contributed by atoms with Gasteiger partial charge in [0.05, 0.1) is 0 Å². The van der Waals surface area contributed by atoms with E-state index in [1.54, 1.807) is 0 Å². The van der Waals surface area contributed by atoms with Gasteiger partial charge in [-0.25, -0.2) is 9.18 Å². The highest BCUT2D eigenvalue weighted by Gasteiger charge is 2.22. The van der Waals surface area contributed by atoms with E-state index in [0.717, 1.165) is 12.1 Å². The fourth-order valence-corrected chi connectivity index (χ4v) is 0.952. The zero-order valence-corrected chi connectivity index (χ0v) is 7.35. The number of rotatable bonds is 3. The molecule has 0 atom stereocenters. The smallest absolute Gasteiger partial charge is 0.362 e. The maximum atomic E-state index is 12.7. The van der Waals surface area contributed by atoms with E-state index in [4.69, 9.17) is 10.3 Å². The quantitative estimate of drug-likeness (QED) is 0.256. The lowest BCUT2D eigenvalue weighted by Crippen LogP contribution is -2.24. The first-order valence-electron chi connectivity index (χ1n) is 3.82. The Morgan fingerprint density at radius 3 is 2.47 bits per heavy atom. The predicted molar refractivity (Wildman–Crippen MR) is 47.6 cm³/mol. The summed E-state index contributed by atoms with van der Waals surface area (Å²) in [6.07, 6.45) is 0. The number of benzene rings is 1. The Bertz CT molecular complexity index is 441. The van der Waals surface area contributed by atoms with Gasteiger partial charge in [0, 0.05) is 5.56 Å². The van der Waals surface area contributed by atoms with Gasteiger partial charge >= 0.3 is 5.97 Å². The van der Waals surface area contributed by atoms with E-state index in [1.165, 1.54) is 12.1 Å². The van der Waals surface area contributed by atoms with Crippen LogP contribution in [-0.4, -0.2) is 27.8 Å². The molecule has 0 aliphatic heterocycles. The molecule has 5 nitrogen and oxygen atoms in total. The molecule has 6 heteroatoms. The number of halogens is 1. The molecule has 1 aromatic carbocycles. The third-order valence-electron chi connectivity index (χ3n) is 1.60. The van der Waals surface area contributed by atoms with Crippen molar-refractivity contribution in [3.05, 3.63) is 35.6 Å². The van der Waals surface area contributed by atoms with Crippen molar-refractivity contribution in [3.8, 4) is 0 Å². The molecule has 2 N–H and O–H groups in total. The van der Waals surface area contributed by atoms with Crippen molar-refractivity contribution < 1.29 is 24.3 Å². The zero-order chi connectivity index (χ0) is 11.4. The first-order chi connectivity index (χ1) is 7.06. The normalized spacial score (nSPS) is 11.1. The van der Waals surface area contributed by atoms with Crippen LogP contribution >= 0.6 is 0 Å². The summed E-state index contributed by atoms with van der Waals surface area (Å²) in [5.74, 6) is -3.40. The highest BCUT2D eigenvalue weighted by molar-refractivity contribution is 6.67. The van der Waals surface area contributed by atoms with Crippen LogP contribution in [-0.2, 0) is 4.79 Å². The number of carbonyl (C=O) groups is 2. The van der Waals surface area contributed by atoms with Gasteiger partial charge in [0.15, 0.2) is 0 Å². The Labute approximate surface area is 83.5 Å². The Morgan fingerprint density at radius 1 is 1.33 bits per heavy atom. The molecule has 15 heavy (non-hydrogen) atoms. The van der Waals surface area contributed by atoms with Gasteiger partial charge in [0.1, 0.15) is 5.82 Å². The SMILES string of the molecule is O=C(O)C(=NO)C(=O)c1cccc(F)c1. The first-order valence-corrected chi connectivity index (χ1v) is 3.82. The standard InChI is InChI=1S/C9H6FNO4/c10-6-3-1-2-5(4-6)8(12)7(11-15)9(13)14/h1-4,15H,(H,13,14). The molecule has 78 valence electrons. The zero-order valence-electron chi connectivity index (χ0n) is 7.35. The number of carboxylic acids is 1. The van der Waals surface area contributed by atoms with Crippen LogP contribution in [0.15, 0.2) is 29.4 Å². The van der Waals surface area contributed by atoms with E-state index in [9.17, 15) is 14.0 Å². The third kappa shape index (κ3) is 2.37. The Hall–Kier alpha value is -2.24. The Kier molecular flexibility index (Phi) is 3.12. The minimum atomic E-state index is -1.67. The third-order valence-corrected chi connectivity index (χ3v) is 1.60. The topological polar surface area (TPSA) is 87.0 Å². The number of nitrogens with zero attached hydrogens (tertiary/aromatic N) is 1. The maximum Gasteiger partial charge on any atom is 0.362 e. The van der Waals surface area contributed by atoms with E-state index in [2.05, 4.69) is 5.16 Å². The van der Waals surface area contributed by atoms with E-state index < -0.39 is 23.3 Å². The molecule has 0 radical (unpaired) electrons. The molecule has 0 spiro atoms. The van der Waals surface area contributed by atoms with E-state index in [0.29, 0.717) is 0 Å². The number of Topliss-reactive ketones (excluding diaryl/α,β-unsaturated/α-hetero) is 1. The van der Waals surface area contributed by atoms with Crippen LogP contribution in [0.3, 0.4) is 0 Å². The van der Waals surface area contributed by atoms with Crippen molar-refractivity contribution in [2.75, 3.05) is 0 Å². The highest BCUT2D eigenvalue weighted by atomic mass is 19.1. The molecule has 0 aliphatic rings. The number of aliphatic carboxylic acids is 1. The second-order valence-electron chi connectivity index (χ2n) is 2.59. The van der Waals surface area contributed by atoms with Crippen molar-refractivity contribution in [1.29, 1.82) is 0 Å². The average Bonchev–Trinajstić information content (AvgIpc) is 2.18. The molecule has 0 bridgehead atoms. The van der Waals surface area contributed by atoms with Crippen LogP contribution < -0.4 is 0 Å². The average molecular weight is 211 g/mol. The predicted octanol–water partition coefficient (Wildman–Crippen LogP) is 0.923. The van der Waals surface area contributed by atoms with Gasteiger partial charge < -0.3 is 10.3 Å². The highest BCUT2D eigenvalue weighted by Crippen LogP contribution is 2.05. The van der Waals surface area contributed by atoms with E-state index >= 15 is 0 Å². The lowest BCUT2D eigenvalue weighted by Gasteiger charge is -1.98. The van der Waals surface area contributed by atoms with Crippen molar-refractivity contribution >= 4 is 17.5 Å². The van der Waals surface area contributed by atoms with Crippen LogP contribution in [0.25, 0.3) is 0 Å².